The molecule has 4 rings (SSSR count). The fourth-order valence-corrected chi connectivity index (χ4v) is 4.67. The van der Waals surface area contributed by atoms with Crippen molar-refractivity contribution in [2.45, 2.75) is 39.2 Å². The van der Waals surface area contributed by atoms with E-state index in [0.29, 0.717) is 11.7 Å². The molecule has 1 atom stereocenters. The highest BCUT2D eigenvalue weighted by atomic mass is 16.3. The summed E-state index contributed by atoms with van der Waals surface area (Å²) in [6, 6.07) is 12.4. The van der Waals surface area contributed by atoms with E-state index in [1.165, 1.54) is 5.56 Å². The standard InChI is InChI=1S/C24H30N4O/c1-17(2)19-6-8-20(9-7-19)24(29,23(4)15-27(5)16-23)21-12-22(26-25-13-21)28-11-10-18(3)14-28/h6-14,17,29H,15-16H2,1-5H3/t24-/m0/s1. The highest BCUT2D eigenvalue weighted by Crippen LogP contribution is 2.50. The van der Waals surface area contributed by atoms with Crippen molar-refractivity contribution in [3.63, 3.8) is 0 Å². The number of hydrogen-bond acceptors (Lipinski definition) is 4. The quantitative estimate of drug-likeness (QED) is 0.718. The zero-order valence-electron chi connectivity index (χ0n) is 17.9. The summed E-state index contributed by atoms with van der Waals surface area (Å²) in [5.41, 5.74) is 2.64. The highest BCUT2D eigenvalue weighted by molar-refractivity contribution is 5.43. The Bertz CT molecular complexity index is 1000. The zero-order chi connectivity index (χ0) is 20.8. The van der Waals surface area contributed by atoms with Crippen LogP contribution in [0.5, 0.6) is 0 Å². The molecule has 2 aromatic heterocycles. The molecule has 3 aromatic rings. The third-order valence-electron chi connectivity index (χ3n) is 6.27. The molecule has 3 heterocycles. The van der Waals surface area contributed by atoms with Gasteiger partial charge in [-0.05, 0) is 48.7 Å². The molecule has 0 saturated carbocycles. The van der Waals surface area contributed by atoms with Crippen LogP contribution >= 0.6 is 0 Å². The highest BCUT2D eigenvalue weighted by Gasteiger charge is 2.55. The molecule has 0 amide bonds. The first-order valence-electron chi connectivity index (χ1n) is 10.2. The molecule has 5 heteroatoms. The van der Waals surface area contributed by atoms with Gasteiger partial charge in [-0.15, -0.1) is 5.10 Å². The Morgan fingerprint density at radius 3 is 2.34 bits per heavy atom. The van der Waals surface area contributed by atoms with Crippen molar-refractivity contribution in [3.05, 3.63) is 77.2 Å². The Morgan fingerprint density at radius 1 is 1.10 bits per heavy atom. The average molecular weight is 391 g/mol. The van der Waals surface area contributed by atoms with Crippen LogP contribution in [0.15, 0.2) is 55.0 Å². The molecule has 1 aromatic carbocycles. The first kappa shape index (κ1) is 19.8. The van der Waals surface area contributed by atoms with Crippen LogP contribution in [-0.4, -0.2) is 44.9 Å². The Hall–Kier alpha value is -2.50. The minimum Gasteiger partial charge on any atom is -0.380 e. The Labute approximate surface area is 173 Å². The van der Waals surface area contributed by atoms with Gasteiger partial charge in [0.05, 0.1) is 6.20 Å². The normalized spacial score (nSPS) is 18.4. The molecule has 1 fully saturated rings. The van der Waals surface area contributed by atoms with E-state index in [0.717, 1.165) is 29.8 Å². The van der Waals surface area contributed by atoms with E-state index in [9.17, 15) is 5.11 Å². The van der Waals surface area contributed by atoms with Gasteiger partial charge in [0.1, 0.15) is 5.60 Å². The molecule has 1 aliphatic heterocycles. The van der Waals surface area contributed by atoms with E-state index < -0.39 is 5.60 Å². The van der Waals surface area contributed by atoms with E-state index in [2.05, 4.69) is 67.2 Å². The van der Waals surface area contributed by atoms with Gasteiger partial charge in [0.15, 0.2) is 5.82 Å². The lowest BCUT2D eigenvalue weighted by Gasteiger charge is -2.55. The van der Waals surface area contributed by atoms with Gasteiger partial charge in [0.2, 0.25) is 0 Å². The first-order chi connectivity index (χ1) is 13.7. The van der Waals surface area contributed by atoms with E-state index >= 15 is 0 Å². The van der Waals surface area contributed by atoms with Gasteiger partial charge in [-0.3, -0.25) is 0 Å². The third kappa shape index (κ3) is 3.28. The van der Waals surface area contributed by atoms with Gasteiger partial charge in [0, 0.05) is 36.5 Å². The third-order valence-corrected chi connectivity index (χ3v) is 6.27. The van der Waals surface area contributed by atoms with Crippen molar-refractivity contribution in [2.75, 3.05) is 20.1 Å². The molecular formula is C24H30N4O. The predicted molar refractivity (Wildman–Crippen MR) is 115 cm³/mol. The van der Waals surface area contributed by atoms with Crippen molar-refractivity contribution in [1.29, 1.82) is 0 Å². The van der Waals surface area contributed by atoms with Gasteiger partial charge < -0.3 is 14.6 Å². The van der Waals surface area contributed by atoms with E-state index in [1.807, 2.05) is 36.0 Å². The van der Waals surface area contributed by atoms with E-state index in [1.54, 1.807) is 6.20 Å². The first-order valence-corrected chi connectivity index (χ1v) is 10.2. The van der Waals surface area contributed by atoms with Crippen molar-refractivity contribution in [3.8, 4) is 5.82 Å². The second-order valence-electron chi connectivity index (χ2n) is 9.12. The van der Waals surface area contributed by atoms with Crippen molar-refractivity contribution >= 4 is 0 Å². The van der Waals surface area contributed by atoms with E-state index in [-0.39, 0.29) is 5.41 Å². The summed E-state index contributed by atoms with van der Waals surface area (Å²) in [5.74, 6) is 1.16. The molecule has 0 aliphatic carbocycles. The minimum atomic E-state index is -1.15. The molecule has 1 aliphatic rings. The second kappa shape index (κ2) is 7.08. The summed E-state index contributed by atoms with van der Waals surface area (Å²) in [4.78, 5) is 2.23. The topological polar surface area (TPSA) is 54.2 Å². The zero-order valence-corrected chi connectivity index (χ0v) is 17.9. The van der Waals surface area contributed by atoms with Gasteiger partial charge in [-0.1, -0.05) is 45.0 Å². The average Bonchev–Trinajstić information content (AvgIpc) is 3.13. The number of rotatable bonds is 5. The van der Waals surface area contributed by atoms with Crippen LogP contribution in [0.25, 0.3) is 5.82 Å². The summed E-state index contributed by atoms with van der Waals surface area (Å²) in [6.45, 7) is 10.2. The van der Waals surface area contributed by atoms with Crippen molar-refractivity contribution in [1.82, 2.24) is 19.7 Å². The molecule has 0 radical (unpaired) electrons. The molecule has 1 saturated heterocycles. The smallest absolute Gasteiger partial charge is 0.159 e. The fourth-order valence-electron chi connectivity index (χ4n) is 4.67. The molecular weight excluding hydrogens is 360 g/mol. The van der Waals surface area contributed by atoms with Gasteiger partial charge in [0.25, 0.3) is 0 Å². The van der Waals surface area contributed by atoms with Crippen LogP contribution in [0.4, 0.5) is 0 Å². The largest absolute Gasteiger partial charge is 0.380 e. The fraction of sp³-hybridized carbons (Fsp3) is 0.417. The van der Waals surface area contributed by atoms with Crippen LogP contribution in [0.3, 0.4) is 0 Å². The van der Waals surface area contributed by atoms with Crippen LogP contribution in [0, 0.1) is 12.3 Å². The molecule has 5 nitrogen and oxygen atoms in total. The van der Waals surface area contributed by atoms with Crippen LogP contribution in [0.2, 0.25) is 0 Å². The SMILES string of the molecule is Cc1ccn(-c2cc([C@@](O)(c3ccc(C(C)C)cc3)C3(C)CN(C)C3)cnn2)c1. The number of likely N-dealkylation sites (tertiary alicyclic amines) is 1. The monoisotopic (exact) mass is 390 g/mol. The summed E-state index contributed by atoms with van der Waals surface area (Å²) < 4.78 is 1.95. The van der Waals surface area contributed by atoms with Crippen LogP contribution in [-0.2, 0) is 5.60 Å². The number of aliphatic hydroxyl groups is 1. The number of aryl methyl sites for hydroxylation is 1. The predicted octanol–water partition coefficient (Wildman–Crippen LogP) is 3.89. The summed E-state index contributed by atoms with van der Waals surface area (Å²) in [7, 11) is 2.09. The van der Waals surface area contributed by atoms with Crippen molar-refractivity contribution < 1.29 is 5.11 Å². The van der Waals surface area contributed by atoms with Gasteiger partial charge in [-0.25, -0.2) is 0 Å². The second-order valence-corrected chi connectivity index (χ2v) is 9.12. The maximum atomic E-state index is 12.3. The Balaban J connectivity index is 1.83. The number of nitrogens with zero attached hydrogens (tertiary/aromatic N) is 4. The number of benzene rings is 1. The Kier molecular flexibility index (Phi) is 4.83. The molecule has 0 spiro atoms. The summed E-state index contributed by atoms with van der Waals surface area (Å²) >= 11 is 0. The number of aromatic nitrogens is 3. The lowest BCUT2D eigenvalue weighted by molar-refractivity contribution is -0.127. The van der Waals surface area contributed by atoms with E-state index in [4.69, 9.17) is 0 Å². The maximum Gasteiger partial charge on any atom is 0.159 e. The van der Waals surface area contributed by atoms with Crippen molar-refractivity contribution in [2.24, 2.45) is 5.41 Å². The molecule has 152 valence electrons. The minimum absolute atomic E-state index is 0.312. The van der Waals surface area contributed by atoms with Gasteiger partial charge >= 0.3 is 0 Å². The summed E-state index contributed by atoms with van der Waals surface area (Å²) in [5, 5.41) is 20.8. The van der Waals surface area contributed by atoms with Crippen LogP contribution < -0.4 is 0 Å². The lowest BCUT2D eigenvalue weighted by atomic mass is 9.62. The Morgan fingerprint density at radius 2 is 1.79 bits per heavy atom. The number of hydrogen-bond donors (Lipinski definition) is 1. The van der Waals surface area contributed by atoms with Gasteiger partial charge in [-0.2, -0.15) is 5.10 Å². The summed E-state index contributed by atoms with van der Waals surface area (Å²) in [6.07, 6.45) is 5.70. The molecule has 29 heavy (non-hydrogen) atoms. The molecule has 0 unspecified atom stereocenters. The maximum absolute atomic E-state index is 12.3. The molecule has 0 bridgehead atoms. The lowest BCUT2D eigenvalue weighted by Crippen LogP contribution is -2.63. The molecule has 1 N–H and O–H groups in total. The van der Waals surface area contributed by atoms with Crippen LogP contribution in [0.1, 0.15) is 48.9 Å².